The van der Waals surface area contributed by atoms with E-state index in [0.717, 1.165) is 50.0 Å². The zero-order valence-corrected chi connectivity index (χ0v) is 16.3. The number of piperidine rings is 1. The standard InChI is InChI=1S/C21H27ClN2O3/c22-12-20(25)23-17-7-3-6-15(10-17)19-11-16-13-24(9-8-18(16)27-19)21(26)14-4-1-2-5-14/h3,6-7,10,14,16,18-19H,1-2,4-5,8-9,11-13H2,(H,23,25). The van der Waals surface area contributed by atoms with Crippen molar-refractivity contribution in [1.82, 2.24) is 4.90 Å². The number of hydrogen-bond acceptors (Lipinski definition) is 3. The van der Waals surface area contributed by atoms with Crippen LogP contribution in [0.3, 0.4) is 0 Å². The predicted molar refractivity (Wildman–Crippen MR) is 105 cm³/mol. The van der Waals surface area contributed by atoms with Crippen LogP contribution in [0.15, 0.2) is 24.3 Å². The van der Waals surface area contributed by atoms with Crippen LogP contribution in [0.2, 0.25) is 0 Å². The summed E-state index contributed by atoms with van der Waals surface area (Å²) in [6.45, 7) is 1.63. The van der Waals surface area contributed by atoms with Crippen LogP contribution in [0.5, 0.6) is 0 Å². The van der Waals surface area contributed by atoms with Crippen LogP contribution in [0, 0.1) is 11.8 Å². The number of anilines is 1. The first-order valence-corrected chi connectivity index (χ1v) is 10.6. The van der Waals surface area contributed by atoms with E-state index in [4.69, 9.17) is 16.3 Å². The van der Waals surface area contributed by atoms with Crippen molar-refractivity contribution in [3.05, 3.63) is 29.8 Å². The number of fused-ring (bicyclic) bond motifs is 1. The Bertz CT molecular complexity index is 704. The molecule has 3 fully saturated rings. The van der Waals surface area contributed by atoms with Crippen LogP contribution in [0.1, 0.15) is 50.2 Å². The molecule has 2 heterocycles. The maximum absolute atomic E-state index is 12.8. The van der Waals surface area contributed by atoms with Crippen LogP contribution >= 0.6 is 11.6 Å². The summed E-state index contributed by atoms with van der Waals surface area (Å²) in [6, 6.07) is 7.80. The van der Waals surface area contributed by atoms with Crippen molar-refractivity contribution in [2.75, 3.05) is 24.3 Å². The van der Waals surface area contributed by atoms with Crippen molar-refractivity contribution in [1.29, 1.82) is 0 Å². The fourth-order valence-electron chi connectivity index (χ4n) is 4.81. The number of carbonyl (C=O) groups excluding carboxylic acids is 2. The molecule has 1 aliphatic carbocycles. The Kier molecular flexibility index (Phi) is 5.69. The zero-order chi connectivity index (χ0) is 18.8. The van der Waals surface area contributed by atoms with Gasteiger partial charge >= 0.3 is 0 Å². The maximum atomic E-state index is 12.8. The molecule has 3 aliphatic rings. The number of likely N-dealkylation sites (tertiary alicyclic amines) is 1. The molecule has 0 aromatic heterocycles. The van der Waals surface area contributed by atoms with Crippen molar-refractivity contribution in [3.8, 4) is 0 Å². The van der Waals surface area contributed by atoms with Crippen LogP contribution in [-0.2, 0) is 14.3 Å². The number of amides is 2. The lowest BCUT2D eigenvalue weighted by Gasteiger charge is -2.35. The topological polar surface area (TPSA) is 58.6 Å². The fourth-order valence-corrected chi connectivity index (χ4v) is 4.88. The first-order valence-electron chi connectivity index (χ1n) is 10.0. The summed E-state index contributed by atoms with van der Waals surface area (Å²) < 4.78 is 6.31. The van der Waals surface area contributed by atoms with Gasteiger partial charge in [-0.3, -0.25) is 9.59 Å². The Hall–Kier alpha value is -1.59. The minimum absolute atomic E-state index is 0.0226. The molecule has 6 heteroatoms. The Morgan fingerprint density at radius 2 is 2.04 bits per heavy atom. The first-order chi connectivity index (χ1) is 13.1. The van der Waals surface area contributed by atoms with Crippen LogP contribution in [0.4, 0.5) is 5.69 Å². The first kappa shape index (κ1) is 18.8. The second-order valence-electron chi connectivity index (χ2n) is 8.02. The molecule has 3 unspecified atom stereocenters. The van der Waals surface area contributed by atoms with E-state index in [1.165, 1.54) is 12.8 Å². The number of nitrogens with one attached hydrogen (secondary N) is 1. The highest BCUT2D eigenvalue weighted by Gasteiger charge is 2.41. The zero-order valence-electron chi connectivity index (χ0n) is 15.5. The van der Waals surface area contributed by atoms with E-state index in [9.17, 15) is 9.59 Å². The number of hydrogen-bond donors (Lipinski definition) is 1. The number of alkyl halides is 1. The molecule has 2 saturated heterocycles. The molecular weight excluding hydrogens is 364 g/mol. The van der Waals surface area contributed by atoms with Crippen molar-refractivity contribution >= 4 is 29.1 Å². The average Bonchev–Trinajstić information content (AvgIpc) is 3.36. The molecule has 27 heavy (non-hydrogen) atoms. The largest absolute Gasteiger partial charge is 0.370 e. The van der Waals surface area contributed by atoms with Gasteiger partial charge in [0.15, 0.2) is 0 Å². The second kappa shape index (κ2) is 8.19. The van der Waals surface area contributed by atoms with Gasteiger partial charge in [-0.1, -0.05) is 25.0 Å². The number of ether oxygens (including phenoxy) is 1. The van der Waals surface area contributed by atoms with Crippen LogP contribution in [0.25, 0.3) is 0 Å². The molecular formula is C21H27ClN2O3. The average molecular weight is 391 g/mol. The maximum Gasteiger partial charge on any atom is 0.239 e. The molecule has 1 saturated carbocycles. The van der Waals surface area contributed by atoms with E-state index in [2.05, 4.69) is 10.2 Å². The molecule has 146 valence electrons. The van der Waals surface area contributed by atoms with E-state index in [1.807, 2.05) is 24.3 Å². The van der Waals surface area contributed by atoms with E-state index >= 15 is 0 Å². The number of benzene rings is 1. The normalized spacial score (nSPS) is 28.2. The van der Waals surface area contributed by atoms with Gasteiger partial charge in [0, 0.05) is 30.6 Å². The van der Waals surface area contributed by atoms with Crippen molar-refractivity contribution < 1.29 is 14.3 Å². The Balaban J connectivity index is 1.39. The Labute approximate surface area is 165 Å². The van der Waals surface area contributed by atoms with Crippen molar-refractivity contribution in [2.24, 2.45) is 11.8 Å². The molecule has 0 bridgehead atoms. The monoisotopic (exact) mass is 390 g/mol. The van der Waals surface area contributed by atoms with Gasteiger partial charge < -0.3 is 15.0 Å². The molecule has 3 atom stereocenters. The van der Waals surface area contributed by atoms with Gasteiger partial charge in [-0.05, 0) is 43.4 Å². The van der Waals surface area contributed by atoms with E-state index < -0.39 is 0 Å². The third-order valence-corrected chi connectivity index (χ3v) is 6.44. The van der Waals surface area contributed by atoms with Gasteiger partial charge in [-0.25, -0.2) is 0 Å². The fraction of sp³-hybridized carbons (Fsp3) is 0.619. The molecule has 1 aromatic rings. The van der Waals surface area contributed by atoms with Gasteiger partial charge in [0.05, 0.1) is 12.2 Å². The highest BCUT2D eigenvalue weighted by atomic mass is 35.5. The molecule has 5 nitrogen and oxygen atoms in total. The number of halogens is 1. The SMILES string of the molecule is O=C(CCl)Nc1cccc(C2CC3CN(C(=O)C4CCCC4)CCC3O2)c1. The molecule has 2 aliphatic heterocycles. The van der Waals surface area contributed by atoms with Crippen molar-refractivity contribution in [3.63, 3.8) is 0 Å². The van der Waals surface area contributed by atoms with Gasteiger partial charge in [-0.2, -0.15) is 0 Å². The summed E-state index contributed by atoms with van der Waals surface area (Å²) in [6.07, 6.45) is 6.59. The van der Waals surface area contributed by atoms with E-state index in [-0.39, 0.29) is 29.9 Å². The van der Waals surface area contributed by atoms with E-state index in [0.29, 0.717) is 11.8 Å². The summed E-state index contributed by atoms with van der Waals surface area (Å²) >= 11 is 5.57. The molecule has 1 aromatic carbocycles. The summed E-state index contributed by atoms with van der Waals surface area (Å²) in [5, 5.41) is 2.79. The highest BCUT2D eigenvalue weighted by molar-refractivity contribution is 6.29. The lowest BCUT2D eigenvalue weighted by molar-refractivity contribution is -0.138. The third-order valence-electron chi connectivity index (χ3n) is 6.20. The van der Waals surface area contributed by atoms with Gasteiger partial charge in [-0.15, -0.1) is 11.6 Å². The summed E-state index contributed by atoms with van der Waals surface area (Å²) in [5.74, 6) is 0.743. The van der Waals surface area contributed by atoms with Crippen LogP contribution in [-0.4, -0.2) is 41.8 Å². The quantitative estimate of drug-likeness (QED) is 0.797. The Morgan fingerprint density at radius 1 is 1.22 bits per heavy atom. The number of nitrogens with zero attached hydrogens (tertiary/aromatic N) is 1. The molecule has 0 spiro atoms. The molecule has 2 amide bonds. The summed E-state index contributed by atoms with van der Waals surface area (Å²) in [4.78, 5) is 26.3. The smallest absolute Gasteiger partial charge is 0.239 e. The molecule has 4 rings (SSSR count). The van der Waals surface area contributed by atoms with Crippen LogP contribution < -0.4 is 5.32 Å². The predicted octanol–water partition coefficient (Wildman–Crippen LogP) is 3.73. The van der Waals surface area contributed by atoms with Gasteiger partial charge in [0.25, 0.3) is 0 Å². The lowest BCUT2D eigenvalue weighted by Crippen LogP contribution is -2.46. The minimum Gasteiger partial charge on any atom is -0.370 e. The number of rotatable bonds is 4. The van der Waals surface area contributed by atoms with E-state index in [1.54, 1.807) is 0 Å². The van der Waals surface area contributed by atoms with Gasteiger partial charge in [0.2, 0.25) is 11.8 Å². The van der Waals surface area contributed by atoms with Gasteiger partial charge in [0.1, 0.15) is 5.88 Å². The highest BCUT2D eigenvalue weighted by Crippen LogP contribution is 2.41. The second-order valence-corrected chi connectivity index (χ2v) is 8.29. The van der Waals surface area contributed by atoms with Crippen molar-refractivity contribution in [2.45, 2.75) is 50.7 Å². The molecule has 1 N–H and O–H groups in total. The Morgan fingerprint density at radius 3 is 2.81 bits per heavy atom. The molecule has 0 radical (unpaired) electrons. The summed E-state index contributed by atoms with van der Waals surface area (Å²) in [7, 11) is 0. The lowest BCUT2D eigenvalue weighted by atomic mass is 9.90. The third kappa shape index (κ3) is 4.14. The number of carbonyl (C=O) groups is 2. The summed E-state index contributed by atoms with van der Waals surface area (Å²) in [5.41, 5.74) is 1.82. The minimum atomic E-state index is -0.212.